The van der Waals surface area contributed by atoms with Gasteiger partial charge in [0.1, 0.15) is 0 Å². The van der Waals surface area contributed by atoms with E-state index < -0.39 is 10.0 Å². The molecule has 2 aromatic carbocycles. The van der Waals surface area contributed by atoms with E-state index in [0.29, 0.717) is 24.7 Å². The lowest BCUT2D eigenvalue weighted by Gasteiger charge is -2.25. The fourth-order valence-electron chi connectivity index (χ4n) is 3.91. The van der Waals surface area contributed by atoms with Gasteiger partial charge in [0.05, 0.1) is 10.8 Å². The van der Waals surface area contributed by atoms with Crippen LogP contribution in [0.15, 0.2) is 53.4 Å². The van der Waals surface area contributed by atoms with Crippen LogP contribution in [-0.4, -0.2) is 36.8 Å². The molecule has 0 spiro atoms. The number of hydrogen-bond acceptors (Lipinski definition) is 4. The van der Waals surface area contributed by atoms with Gasteiger partial charge in [0.2, 0.25) is 15.9 Å². The molecule has 0 aromatic heterocycles. The molecule has 2 aromatic rings. The number of amides is 1. The van der Waals surface area contributed by atoms with Crippen molar-refractivity contribution >= 4 is 38.9 Å². The predicted octanol–water partition coefficient (Wildman–Crippen LogP) is 4.68. The Hall–Kier alpha value is -2.29. The van der Waals surface area contributed by atoms with Gasteiger partial charge in [-0.2, -0.15) is 4.31 Å². The number of carbonyl (C=O) groups excluding carboxylic acids is 1. The molecule has 0 aliphatic carbocycles. The van der Waals surface area contributed by atoms with Crippen LogP contribution in [0.3, 0.4) is 0 Å². The molecule has 0 radical (unpaired) electrons. The number of thiocarbonyl (C=S) groups is 1. The number of hydrogen-bond donors (Lipinski definition) is 2. The Morgan fingerprint density at radius 3 is 2.15 bits per heavy atom. The third kappa shape index (κ3) is 6.85. The number of sulfonamides is 1. The second-order valence-corrected chi connectivity index (χ2v) is 11.3. The van der Waals surface area contributed by atoms with Crippen LogP contribution in [-0.2, 0) is 21.2 Å². The predicted molar refractivity (Wildman–Crippen MR) is 137 cm³/mol. The molecule has 178 valence electrons. The molecule has 1 fully saturated rings. The van der Waals surface area contributed by atoms with E-state index in [1.165, 1.54) is 5.56 Å². The first-order valence-electron chi connectivity index (χ1n) is 11.5. The number of benzene rings is 2. The van der Waals surface area contributed by atoms with E-state index in [-0.39, 0.29) is 21.8 Å². The van der Waals surface area contributed by atoms with Gasteiger partial charge in [-0.05, 0) is 79.7 Å². The minimum absolute atomic E-state index is 0.176. The summed E-state index contributed by atoms with van der Waals surface area (Å²) in [4.78, 5) is 12.9. The Morgan fingerprint density at radius 1 is 0.970 bits per heavy atom. The lowest BCUT2D eigenvalue weighted by atomic mass is 9.96. The molecular weight excluding hydrogens is 454 g/mol. The highest BCUT2D eigenvalue weighted by Crippen LogP contribution is 2.22. The van der Waals surface area contributed by atoms with E-state index in [0.717, 1.165) is 31.2 Å². The van der Waals surface area contributed by atoms with Crippen LogP contribution >= 0.6 is 12.2 Å². The maximum atomic E-state index is 12.8. The van der Waals surface area contributed by atoms with Crippen molar-refractivity contribution in [2.45, 2.75) is 57.3 Å². The van der Waals surface area contributed by atoms with Crippen LogP contribution in [0.25, 0.3) is 0 Å². The van der Waals surface area contributed by atoms with Gasteiger partial charge in [0.15, 0.2) is 5.11 Å². The average Bonchev–Trinajstić information content (AvgIpc) is 2.79. The molecule has 8 heteroatoms. The summed E-state index contributed by atoms with van der Waals surface area (Å²) >= 11 is 5.29. The van der Waals surface area contributed by atoms with E-state index in [9.17, 15) is 13.2 Å². The first-order valence-corrected chi connectivity index (χ1v) is 13.3. The minimum atomic E-state index is -3.48. The molecular formula is C25H33N3O3S2. The number of nitrogens with one attached hydrogen (secondary N) is 2. The Balaban J connectivity index is 1.56. The van der Waals surface area contributed by atoms with Crippen LogP contribution < -0.4 is 10.6 Å². The second-order valence-electron chi connectivity index (χ2n) is 8.99. The molecule has 3 rings (SSSR count). The number of carbonyl (C=O) groups is 1. The zero-order valence-corrected chi connectivity index (χ0v) is 21.1. The van der Waals surface area contributed by atoms with Gasteiger partial charge < -0.3 is 10.6 Å². The van der Waals surface area contributed by atoms with E-state index in [1.54, 1.807) is 28.6 Å². The average molecular weight is 488 g/mol. The smallest absolute Gasteiger partial charge is 0.243 e. The summed E-state index contributed by atoms with van der Waals surface area (Å²) in [7, 11) is -3.48. The van der Waals surface area contributed by atoms with Gasteiger partial charge in [0, 0.05) is 18.8 Å². The number of piperidine rings is 1. The maximum Gasteiger partial charge on any atom is 0.243 e. The first-order chi connectivity index (χ1) is 15.7. The molecule has 0 saturated carbocycles. The van der Waals surface area contributed by atoms with Gasteiger partial charge in [-0.15, -0.1) is 0 Å². The Bertz CT molecular complexity index is 1060. The van der Waals surface area contributed by atoms with Gasteiger partial charge in [-0.3, -0.25) is 4.79 Å². The topological polar surface area (TPSA) is 78.5 Å². The molecule has 1 aliphatic rings. The molecule has 1 saturated heterocycles. The summed E-state index contributed by atoms with van der Waals surface area (Å²) in [5.74, 6) is 0.0299. The Labute approximate surface area is 202 Å². The number of nitrogens with zero attached hydrogens (tertiary/aromatic N) is 1. The molecule has 6 nitrogen and oxygen atoms in total. The van der Waals surface area contributed by atoms with E-state index in [1.807, 2.05) is 19.1 Å². The number of anilines is 1. The lowest BCUT2D eigenvalue weighted by Crippen LogP contribution is -2.37. The summed E-state index contributed by atoms with van der Waals surface area (Å²) in [6.45, 7) is 7.34. The van der Waals surface area contributed by atoms with Crippen LogP contribution in [0.2, 0.25) is 0 Å². The van der Waals surface area contributed by atoms with Crippen molar-refractivity contribution in [3.8, 4) is 0 Å². The van der Waals surface area contributed by atoms with Gasteiger partial charge in [-0.25, -0.2) is 8.42 Å². The monoisotopic (exact) mass is 487 g/mol. The van der Waals surface area contributed by atoms with Crippen molar-refractivity contribution in [1.29, 1.82) is 0 Å². The van der Waals surface area contributed by atoms with Crippen LogP contribution in [0.4, 0.5) is 5.69 Å². The molecule has 1 amide bonds. The zero-order chi connectivity index (χ0) is 24.0. The van der Waals surface area contributed by atoms with Crippen molar-refractivity contribution in [2.75, 3.05) is 18.4 Å². The van der Waals surface area contributed by atoms with Crippen LogP contribution in [0, 0.1) is 5.92 Å². The molecule has 0 bridgehead atoms. The van der Waals surface area contributed by atoms with E-state index in [4.69, 9.17) is 12.2 Å². The molecule has 2 N–H and O–H groups in total. The van der Waals surface area contributed by atoms with Gasteiger partial charge in [0.25, 0.3) is 0 Å². The largest absolute Gasteiger partial charge is 0.332 e. The van der Waals surface area contributed by atoms with Gasteiger partial charge >= 0.3 is 0 Å². The second kappa shape index (κ2) is 11.2. The van der Waals surface area contributed by atoms with Crippen LogP contribution in [0.5, 0.6) is 0 Å². The minimum Gasteiger partial charge on any atom is -0.332 e. The normalized spacial score (nSPS) is 15.8. The van der Waals surface area contributed by atoms with Crippen molar-refractivity contribution in [3.05, 3.63) is 59.7 Å². The quantitative estimate of drug-likeness (QED) is 0.555. The third-order valence-corrected chi connectivity index (χ3v) is 7.94. The highest BCUT2D eigenvalue weighted by Gasteiger charge is 2.25. The SMILES string of the molecule is CC(C)Cc1ccc(C(C)C(=O)NC(=S)Nc2ccc(S(=O)(=O)N3CCCCC3)cc2)cc1. The van der Waals surface area contributed by atoms with Crippen molar-refractivity contribution in [3.63, 3.8) is 0 Å². The number of rotatable bonds is 7. The third-order valence-electron chi connectivity index (χ3n) is 5.82. The fraction of sp³-hybridized carbons (Fsp3) is 0.440. The molecule has 1 aliphatic heterocycles. The summed E-state index contributed by atoms with van der Waals surface area (Å²) in [6.07, 6.45) is 3.87. The van der Waals surface area contributed by atoms with Crippen molar-refractivity contribution < 1.29 is 13.2 Å². The summed E-state index contributed by atoms with van der Waals surface area (Å²) < 4.78 is 27.1. The Kier molecular flexibility index (Phi) is 8.62. The van der Waals surface area contributed by atoms with E-state index in [2.05, 4.69) is 36.6 Å². The Morgan fingerprint density at radius 2 is 1.58 bits per heavy atom. The molecule has 33 heavy (non-hydrogen) atoms. The maximum absolute atomic E-state index is 12.8. The van der Waals surface area contributed by atoms with Gasteiger partial charge in [-0.1, -0.05) is 44.5 Å². The van der Waals surface area contributed by atoms with Crippen LogP contribution in [0.1, 0.15) is 57.1 Å². The molecule has 1 heterocycles. The summed E-state index contributed by atoms with van der Waals surface area (Å²) in [5.41, 5.74) is 2.79. The molecule has 1 atom stereocenters. The summed E-state index contributed by atoms with van der Waals surface area (Å²) in [5, 5.41) is 5.86. The van der Waals surface area contributed by atoms with Crippen molar-refractivity contribution in [2.24, 2.45) is 5.92 Å². The van der Waals surface area contributed by atoms with E-state index >= 15 is 0 Å². The molecule has 1 unspecified atom stereocenters. The van der Waals surface area contributed by atoms with Crippen molar-refractivity contribution in [1.82, 2.24) is 9.62 Å². The first kappa shape index (κ1) is 25.3. The standard InChI is InChI=1S/C25H33N3O3S2/c1-18(2)17-20-7-9-21(10-8-20)19(3)24(29)27-25(32)26-22-11-13-23(14-12-22)33(30,31)28-15-5-4-6-16-28/h7-14,18-19H,4-6,15-17H2,1-3H3,(H2,26,27,29,32). The lowest BCUT2D eigenvalue weighted by molar-refractivity contribution is -0.120. The fourth-order valence-corrected chi connectivity index (χ4v) is 5.65. The highest BCUT2D eigenvalue weighted by molar-refractivity contribution is 7.89. The highest BCUT2D eigenvalue weighted by atomic mass is 32.2. The summed E-state index contributed by atoms with van der Waals surface area (Å²) in [6, 6.07) is 14.6. The zero-order valence-electron chi connectivity index (χ0n) is 19.5.